The lowest BCUT2D eigenvalue weighted by Crippen LogP contribution is -2.37. The highest BCUT2D eigenvalue weighted by Gasteiger charge is 2.40. The van der Waals surface area contributed by atoms with E-state index in [4.69, 9.17) is 10.5 Å². The van der Waals surface area contributed by atoms with Crippen molar-refractivity contribution in [1.29, 1.82) is 0 Å². The number of nitrogens with zero attached hydrogens (tertiary/aromatic N) is 5. The van der Waals surface area contributed by atoms with Crippen molar-refractivity contribution in [2.45, 2.75) is 51.6 Å². The Hall–Kier alpha value is -3.21. The maximum absolute atomic E-state index is 13.4. The zero-order valence-electron chi connectivity index (χ0n) is 18.4. The Morgan fingerprint density at radius 1 is 1.21 bits per heavy atom. The van der Waals surface area contributed by atoms with E-state index in [1.165, 1.54) is 13.0 Å². The van der Waals surface area contributed by atoms with Crippen molar-refractivity contribution < 1.29 is 17.9 Å². The minimum atomic E-state index is -4.59. The summed E-state index contributed by atoms with van der Waals surface area (Å²) < 4.78 is 46.0. The molecule has 3 aromatic rings. The molecule has 0 saturated carbocycles. The van der Waals surface area contributed by atoms with Crippen molar-refractivity contribution in [3.8, 4) is 0 Å². The average Bonchev–Trinajstić information content (AvgIpc) is 3.40. The number of anilines is 3. The number of nitrogens with two attached hydrogens (primary N) is 1. The van der Waals surface area contributed by atoms with Gasteiger partial charge >= 0.3 is 6.18 Å². The summed E-state index contributed by atoms with van der Waals surface area (Å²) in [5, 5.41) is 13.4. The van der Waals surface area contributed by atoms with E-state index in [9.17, 15) is 13.2 Å². The summed E-state index contributed by atoms with van der Waals surface area (Å²) in [7, 11) is 0. The highest BCUT2D eigenvalue weighted by Crippen LogP contribution is 2.37. The Balaban J connectivity index is 1.52. The molecule has 5 rings (SSSR count). The third-order valence-electron chi connectivity index (χ3n) is 6.45. The molecular formula is C22H24F3N7O. The molecule has 3 N–H and O–H groups in total. The average molecular weight is 459 g/mol. The van der Waals surface area contributed by atoms with Gasteiger partial charge in [0.15, 0.2) is 5.82 Å². The number of aromatic nitrogens is 4. The highest BCUT2D eigenvalue weighted by molar-refractivity contribution is 5.94. The third kappa shape index (κ3) is 3.79. The molecule has 2 aliphatic heterocycles. The van der Waals surface area contributed by atoms with Gasteiger partial charge in [0, 0.05) is 23.5 Å². The van der Waals surface area contributed by atoms with Crippen LogP contribution in [-0.4, -0.2) is 45.5 Å². The Bertz CT molecular complexity index is 1230. The summed E-state index contributed by atoms with van der Waals surface area (Å²) in [6, 6.07) is 3.20. The molecule has 0 radical (unpaired) electrons. The molecule has 174 valence electrons. The van der Waals surface area contributed by atoms with Gasteiger partial charge in [-0.05, 0) is 50.5 Å². The first kappa shape index (κ1) is 21.6. The van der Waals surface area contributed by atoms with Crippen molar-refractivity contribution in [3.05, 3.63) is 40.8 Å². The molecule has 0 amide bonds. The second-order valence-corrected chi connectivity index (χ2v) is 8.69. The van der Waals surface area contributed by atoms with Crippen molar-refractivity contribution in [2.75, 3.05) is 29.1 Å². The van der Waals surface area contributed by atoms with Crippen molar-refractivity contribution >= 4 is 28.2 Å². The first-order chi connectivity index (χ1) is 15.6. The molecule has 0 spiro atoms. The Morgan fingerprint density at radius 2 is 2.00 bits per heavy atom. The standard InChI is InChI=1S/C22H24F3N7O/c1-10-15(5-18(26)29-20(10)22(23,24)25)11(2)28-21-16-6-19(27-7-17(16)12(3)30-31-21)32-8-14-4-13(32)9-33-14/h5-7,11,13-14H,4,8-9H2,1-3H3,(H2,26,29)(H,28,31)/t11-,13-,14-/m1/s1. The molecule has 3 atom stereocenters. The SMILES string of the molecule is Cc1c([C@@H](C)Nc2nnc(C)c3cnc(N4C[C@H]5C[C@@H]4CO5)cc23)cc(N)nc1C(F)(F)F. The molecule has 0 aromatic carbocycles. The van der Waals surface area contributed by atoms with Gasteiger partial charge < -0.3 is 20.7 Å². The number of ether oxygens (including phenoxy) is 1. The Kier molecular flexibility index (Phi) is 5.04. The van der Waals surface area contributed by atoms with Gasteiger partial charge in [-0.15, -0.1) is 5.10 Å². The first-order valence-electron chi connectivity index (χ1n) is 10.7. The number of rotatable bonds is 4. The molecule has 0 aliphatic carbocycles. The number of alkyl halides is 3. The fourth-order valence-electron chi connectivity index (χ4n) is 4.76. The Morgan fingerprint density at radius 3 is 2.67 bits per heavy atom. The number of hydrogen-bond donors (Lipinski definition) is 2. The molecule has 5 heterocycles. The molecule has 11 heteroatoms. The number of nitrogen functional groups attached to an aromatic ring is 1. The van der Waals surface area contributed by atoms with Gasteiger partial charge in [-0.2, -0.15) is 18.3 Å². The molecule has 2 saturated heterocycles. The van der Waals surface area contributed by atoms with Crippen LogP contribution >= 0.6 is 0 Å². The molecule has 2 bridgehead atoms. The third-order valence-corrected chi connectivity index (χ3v) is 6.45. The lowest BCUT2D eigenvalue weighted by Gasteiger charge is -2.28. The second kappa shape index (κ2) is 7.68. The molecule has 0 unspecified atom stereocenters. The number of nitrogens with one attached hydrogen (secondary N) is 1. The Labute approximate surface area is 188 Å². The van der Waals surface area contributed by atoms with E-state index in [0.29, 0.717) is 24.0 Å². The van der Waals surface area contributed by atoms with Crippen molar-refractivity contribution in [1.82, 2.24) is 20.2 Å². The smallest absolute Gasteiger partial charge is 0.384 e. The zero-order valence-corrected chi connectivity index (χ0v) is 18.4. The molecule has 3 aromatic heterocycles. The van der Waals surface area contributed by atoms with Crippen LogP contribution < -0.4 is 16.0 Å². The van der Waals surface area contributed by atoms with Gasteiger partial charge in [0.1, 0.15) is 17.3 Å². The van der Waals surface area contributed by atoms with Crippen LogP contribution in [0.5, 0.6) is 0 Å². The maximum Gasteiger partial charge on any atom is 0.433 e. The maximum atomic E-state index is 13.4. The van der Waals surface area contributed by atoms with Crippen LogP contribution in [0.15, 0.2) is 18.3 Å². The minimum Gasteiger partial charge on any atom is -0.384 e. The quantitative estimate of drug-likeness (QED) is 0.608. The van der Waals surface area contributed by atoms with E-state index >= 15 is 0 Å². The predicted molar refractivity (Wildman–Crippen MR) is 118 cm³/mol. The van der Waals surface area contributed by atoms with Crippen molar-refractivity contribution in [3.63, 3.8) is 0 Å². The fourth-order valence-corrected chi connectivity index (χ4v) is 4.76. The van der Waals surface area contributed by atoms with Crippen LogP contribution in [0.3, 0.4) is 0 Å². The molecule has 33 heavy (non-hydrogen) atoms. The van der Waals surface area contributed by atoms with Gasteiger partial charge in [-0.25, -0.2) is 9.97 Å². The zero-order chi connectivity index (χ0) is 23.5. The van der Waals surface area contributed by atoms with Crippen LogP contribution in [0.4, 0.5) is 30.6 Å². The van der Waals surface area contributed by atoms with E-state index < -0.39 is 17.9 Å². The summed E-state index contributed by atoms with van der Waals surface area (Å²) in [4.78, 5) is 10.4. The highest BCUT2D eigenvalue weighted by atomic mass is 19.4. The number of pyridine rings is 2. The normalized spacial score (nSPS) is 21.1. The lowest BCUT2D eigenvalue weighted by molar-refractivity contribution is -0.141. The number of aryl methyl sites for hydroxylation is 1. The van der Waals surface area contributed by atoms with E-state index in [0.717, 1.165) is 35.2 Å². The molecule has 2 aliphatic rings. The van der Waals surface area contributed by atoms with E-state index in [1.54, 1.807) is 13.1 Å². The summed E-state index contributed by atoms with van der Waals surface area (Å²) in [6.45, 7) is 6.47. The summed E-state index contributed by atoms with van der Waals surface area (Å²) in [6.07, 6.45) is -1.61. The van der Waals surface area contributed by atoms with E-state index in [2.05, 4.69) is 30.4 Å². The molecule has 2 fully saturated rings. The topological polar surface area (TPSA) is 102 Å². The van der Waals surface area contributed by atoms with Crippen LogP contribution in [0.1, 0.15) is 41.9 Å². The molecular weight excluding hydrogens is 435 g/mol. The number of hydrogen-bond acceptors (Lipinski definition) is 8. The van der Waals surface area contributed by atoms with Gasteiger partial charge in [-0.3, -0.25) is 0 Å². The largest absolute Gasteiger partial charge is 0.433 e. The summed E-state index contributed by atoms with van der Waals surface area (Å²) >= 11 is 0. The van der Waals surface area contributed by atoms with Crippen LogP contribution in [0, 0.1) is 13.8 Å². The van der Waals surface area contributed by atoms with E-state index in [-0.39, 0.29) is 17.5 Å². The van der Waals surface area contributed by atoms with Gasteiger partial charge in [0.2, 0.25) is 0 Å². The first-order valence-corrected chi connectivity index (χ1v) is 10.7. The fraction of sp³-hybridized carbons (Fsp3) is 0.455. The van der Waals surface area contributed by atoms with Crippen LogP contribution in [0.2, 0.25) is 0 Å². The van der Waals surface area contributed by atoms with Crippen molar-refractivity contribution in [2.24, 2.45) is 0 Å². The molecule has 8 nitrogen and oxygen atoms in total. The van der Waals surface area contributed by atoms with E-state index in [1.807, 2.05) is 13.0 Å². The van der Waals surface area contributed by atoms with Gasteiger partial charge in [0.25, 0.3) is 0 Å². The predicted octanol–water partition coefficient (Wildman–Crippen LogP) is 3.79. The minimum absolute atomic E-state index is 0.0246. The van der Waals surface area contributed by atoms with Crippen LogP contribution in [0.25, 0.3) is 10.8 Å². The summed E-state index contributed by atoms with van der Waals surface area (Å²) in [5.74, 6) is 1.11. The monoisotopic (exact) mass is 459 g/mol. The van der Waals surface area contributed by atoms with Crippen LogP contribution in [-0.2, 0) is 10.9 Å². The van der Waals surface area contributed by atoms with Gasteiger partial charge in [-0.1, -0.05) is 0 Å². The number of morpholine rings is 1. The second-order valence-electron chi connectivity index (χ2n) is 8.69. The van der Waals surface area contributed by atoms with Gasteiger partial charge in [0.05, 0.1) is 30.5 Å². The number of halogens is 3. The lowest BCUT2D eigenvalue weighted by atomic mass is 10.0. The number of fused-ring (bicyclic) bond motifs is 3. The summed E-state index contributed by atoms with van der Waals surface area (Å²) in [5.41, 5.74) is 5.85.